The first-order valence-electron chi connectivity index (χ1n) is 7.57. The van der Waals surface area contributed by atoms with Crippen molar-refractivity contribution in [2.75, 3.05) is 0 Å². The first-order chi connectivity index (χ1) is 9.13. The van der Waals surface area contributed by atoms with E-state index in [-0.39, 0.29) is 0 Å². The van der Waals surface area contributed by atoms with Crippen LogP contribution in [-0.2, 0) is 20.0 Å². The molecule has 1 aromatic heterocycles. The van der Waals surface area contributed by atoms with Crippen molar-refractivity contribution in [3.63, 3.8) is 0 Å². The Balaban J connectivity index is 1.99. The standard InChI is InChI=1S/C15H26BrN3/c1-4-12-15(16)14(19(3)18-12)10-17-13-9-7-5-6-8-11(13)2/h11,13,17H,4-10H2,1-3H3. The van der Waals surface area contributed by atoms with Gasteiger partial charge in [0.2, 0.25) is 0 Å². The minimum Gasteiger partial charge on any atom is -0.308 e. The summed E-state index contributed by atoms with van der Waals surface area (Å²) in [6, 6.07) is 0.661. The summed E-state index contributed by atoms with van der Waals surface area (Å²) in [5.41, 5.74) is 2.43. The molecule has 0 aromatic carbocycles. The van der Waals surface area contributed by atoms with Gasteiger partial charge in [0.15, 0.2) is 0 Å². The molecule has 0 spiro atoms. The minimum absolute atomic E-state index is 0.661. The lowest BCUT2D eigenvalue weighted by atomic mass is 9.97. The average molecular weight is 328 g/mol. The molecule has 0 aliphatic heterocycles. The van der Waals surface area contributed by atoms with E-state index in [1.54, 1.807) is 0 Å². The number of rotatable bonds is 4. The van der Waals surface area contributed by atoms with Gasteiger partial charge in [-0.3, -0.25) is 4.68 Å². The van der Waals surface area contributed by atoms with E-state index < -0.39 is 0 Å². The SMILES string of the molecule is CCc1nn(C)c(CNC2CCCCCC2C)c1Br. The summed E-state index contributed by atoms with van der Waals surface area (Å²) in [5.74, 6) is 0.792. The quantitative estimate of drug-likeness (QED) is 0.852. The molecule has 1 saturated carbocycles. The molecule has 2 atom stereocenters. The number of hydrogen-bond acceptors (Lipinski definition) is 2. The highest BCUT2D eigenvalue weighted by Crippen LogP contribution is 2.25. The van der Waals surface area contributed by atoms with Crippen molar-refractivity contribution in [1.29, 1.82) is 0 Å². The van der Waals surface area contributed by atoms with E-state index in [1.165, 1.54) is 42.3 Å². The van der Waals surface area contributed by atoms with Gasteiger partial charge in [0.05, 0.1) is 15.9 Å². The van der Waals surface area contributed by atoms with Gasteiger partial charge in [-0.15, -0.1) is 0 Å². The fourth-order valence-corrected chi connectivity index (χ4v) is 3.79. The number of hydrogen-bond donors (Lipinski definition) is 1. The lowest BCUT2D eigenvalue weighted by molar-refractivity contribution is 0.352. The van der Waals surface area contributed by atoms with Crippen LogP contribution in [-0.4, -0.2) is 15.8 Å². The van der Waals surface area contributed by atoms with Crippen LogP contribution in [0.15, 0.2) is 4.47 Å². The van der Waals surface area contributed by atoms with Crippen LogP contribution in [0.5, 0.6) is 0 Å². The molecule has 0 amide bonds. The largest absolute Gasteiger partial charge is 0.308 e. The maximum absolute atomic E-state index is 4.56. The number of nitrogens with one attached hydrogen (secondary N) is 1. The number of aromatic nitrogens is 2. The molecule has 1 aromatic rings. The highest BCUT2D eigenvalue weighted by molar-refractivity contribution is 9.10. The lowest BCUT2D eigenvalue weighted by Gasteiger charge is -2.23. The van der Waals surface area contributed by atoms with Crippen LogP contribution in [0.1, 0.15) is 57.3 Å². The van der Waals surface area contributed by atoms with Crippen LogP contribution in [0, 0.1) is 5.92 Å². The molecule has 1 aliphatic carbocycles. The van der Waals surface area contributed by atoms with Crippen LogP contribution in [0.4, 0.5) is 0 Å². The summed E-state index contributed by atoms with van der Waals surface area (Å²) in [5, 5.41) is 8.32. The van der Waals surface area contributed by atoms with Crippen LogP contribution >= 0.6 is 15.9 Å². The second-order valence-corrected chi connectivity index (χ2v) is 6.58. The molecule has 1 fully saturated rings. The number of aryl methyl sites for hydroxylation is 2. The third-order valence-electron chi connectivity index (χ3n) is 4.40. The third kappa shape index (κ3) is 3.60. The van der Waals surface area contributed by atoms with Gasteiger partial charge in [0, 0.05) is 19.6 Å². The summed E-state index contributed by atoms with van der Waals surface area (Å²) in [7, 11) is 2.04. The molecule has 0 saturated heterocycles. The third-order valence-corrected chi connectivity index (χ3v) is 5.31. The Morgan fingerprint density at radius 3 is 2.74 bits per heavy atom. The van der Waals surface area contributed by atoms with Crippen LogP contribution in [0.25, 0.3) is 0 Å². The smallest absolute Gasteiger partial charge is 0.0767 e. The predicted octanol–water partition coefficient (Wildman–Crippen LogP) is 3.80. The molecule has 19 heavy (non-hydrogen) atoms. The molecule has 0 bridgehead atoms. The van der Waals surface area contributed by atoms with Crippen LogP contribution < -0.4 is 5.32 Å². The summed E-state index contributed by atoms with van der Waals surface area (Å²) in [6.07, 6.45) is 7.83. The van der Waals surface area contributed by atoms with Gasteiger partial charge in [-0.05, 0) is 41.1 Å². The summed E-state index contributed by atoms with van der Waals surface area (Å²) >= 11 is 3.69. The topological polar surface area (TPSA) is 29.9 Å². The van der Waals surface area contributed by atoms with E-state index in [1.807, 2.05) is 11.7 Å². The van der Waals surface area contributed by atoms with Crippen molar-refractivity contribution < 1.29 is 0 Å². The van der Waals surface area contributed by atoms with Crippen molar-refractivity contribution in [3.05, 3.63) is 15.9 Å². The van der Waals surface area contributed by atoms with E-state index in [9.17, 15) is 0 Å². The first-order valence-corrected chi connectivity index (χ1v) is 8.36. The summed E-state index contributed by atoms with van der Waals surface area (Å²) < 4.78 is 3.20. The Bertz CT molecular complexity index is 414. The van der Waals surface area contributed by atoms with Crippen LogP contribution in [0.2, 0.25) is 0 Å². The molecule has 2 rings (SSSR count). The molecule has 1 N–H and O–H groups in total. The molecule has 2 unspecified atom stereocenters. The summed E-state index contributed by atoms with van der Waals surface area (Å²) in [4.78, 5) is 0. The van der Waals surface area contributed by atoms with Gasteiger partial charge < -0.3 is 5.32 Å². The van der Waals surface area contributed by atoms with Crippen molar-refractivity contribution in [3.8, 4) is 0 Å². The second-order valence-electron chi connectivity index (χ2n) is 5.79. The van der Waals surface area contributed by atoms with E-state index >= 15 is 0 Å². The lowest BCUT2D eigenvalue weighted by Crippen LogP contribution is -2.34. The van der Waals surface area contributed by atoms with Gasteiger partial charge in [-0.1, -0.05) is 33.1 Å². The van der Waals surface area contributed by atoms with Gasteiger partial charge in [-0.2, -0.15) is 5.10 Å². The Labute approximate surface area is 125 Å². The molecule has 4 heteroatoms. The number of nitrogens with zero attached hydrogens (tertiary/aromatic N) is 2. The van der Waals surface area contributed by atoms with E-state index in [0.29, 0.717) is 6.04 Å². The monoisotopic (exact) mass is 327 g/mol. The normalized spacial score (nSPS) is 24.4. The highest BCUT2D eigenvalue weighted by atomic mass is 79.9. The maximum atomic E-state index is 4.56. The zero-order valence-corrected chi connectivity index (χ0v) is 14.0. The fraction of sp³-hybridized carbons (Fsp3) is 0.800. The fourth-order valence-electron chi connectivity index (χ4n) is 3.04. The Morgan fingerprint density at radius 1 is 1.32 bits per heavy atom. The van der Waals surface area contributed by atoms with E-state index in [4.69, 9.17) is 0 Å². The zero-order valence-electron chi connectivity index (χ0n) is 12.4. The van der Waals surface area contributed by atoms with Crippen molar-refractivity contribution in [2.24, 2.45) is 13.0 Å². The Hall–Kier alpha value is -0.350. The minimum atomic E-state index is 0.661. The second kappa shape index (κ2) is 6.89. The van der Waals surface area contributed by atoms with Crippen molar-refractivity contribution in [1.82, 2.24) is 15.1 Å². The molecule has 1 heterocycles. The van der Waals surface area contributed by atoms with E-state index in [2.05, 4.69) is 40.2 Å². The predicted molar refractivity (Wildman–Crippen MR) is 83.2 cm³/mol. The van der Waals surface area contributed by atoms with Gasteiger partial charge in [-0.25, -0.2) is 0 Å². The molecule has 108 valence electrons. The van der Waals surface area contributed by atoms with E-state index in [0.717, 1.165) is 24.6 Å². The summed E-state index contributed by atoms with van der Waals surface area (Å²) in [6.45, 7) is 5.45. The zero-order chi connectivity index (χ0) is 13.8. The van der Waals surface area contributed by atoms with Crippen molar-refractivity contribution in [2.45, 2.75) is 65.0 Å². The Morgan fingerprint density at radius 2 is 2.05 bits per heavy atom. The van der Waals surface area contributed by atoms with Gasteiger partial charge in [0.1, 0.15) is 0 Å². The highest BCUT2D eigenvalue weighted by Gasteiger charge is 2.20. The molecular weight excluding hydrogens is 302 g/mol. The Kier molecular flexibility index (Phi) is 5.46. The van der Waals surface area contributed by atoms with Gasteiger partial charge in [0.25, 0.3) is 0 Å². The molecular formula is C15H26BrN3. The average Bonchev–Trinajstić information content (AvgIpc) is 2.55. The first kappa shape index (κ1) is 15.0. The van der Waals surface area contributed by atoms with Crippen LogP contribution in [0.3, 0.4) is 0 Å². The molecule has 3 nitrogen and oxygen atoms in total. The molecule has 0 radical (unpaired) electrons. The van der Waals surface area contributed by atoms with Crippen molar-refractivity contribution >= 4 is 15.9 Å². The molecule has 1 aliphatic rings. The van der Waals surface area contributed by atoms with Gasteiger partial charge >= 0.3 is 0 Å². The maximum Gasteiger partial charge on any atom is 0.0767 e. The number of halogens is 1.